The molecule has 11 heteroatoms. The van der Waals surface area contributed by atoms with Crippen molar-refractivity contribution in [3.8, 4) is 5.75 Å². The average molecular weight is 505 g/mol. The van der Waals surface area contributed by atoms with Gasteiger partial charge >= 0.3 is 6.03 Å². The van der Waals surface area contributed by atoms with Crippen LogP contribution in [0.1, 0.15) is 12.8 Å². The number of para-hydroxylation sites is 1. The number of amides is 2. The summed E-state index contributed by atoms with van der Waals surface area (Å²) in [5.74, 6) is -0.664. The maximum Gasteiger partial charge on any atom is 0.323 e. The number of halogens is 2. The van der Waals surface area contributed by atoms with Crippen LogP contribution in [0.15, 0.2) is 45.8 Å². The molecule has 8 nitrogen and oxygen atoms in total. The molecule has 0 radical (unpaired) electrons. The number of aromatic hydroxyl groups is 1. The van der Waals surface area contributed by atoms with E-state index < -0.39 is 32.7 Å². The molecule has 1 aliphatic heterocycles. The number of carbonyl (C=O) groups is 1. The van der Waals surface area contributed by atoms with Crippen LogP contribution in [-0.4, -0.2) is 48.2 Å². The molecule has 1 saturated heterocycles. The summed E-state index contributed by atoms with van der Waals surface area (Å²) in [5, 5.41) is 24.9. The van der Waals surface area contributed by atoms with Crippen LogP contribution in [0.2, 0.25) is 5.02 Å². The van der Waals surface area contributed by atoms with Gasteiger partial charge in [0.2, 0.25) is 10.0 Å². The molecule has 0 spiro atoms. The maximum absolute atomic E-state index is 13.1. The normalized spacial score (nSPS) is 17.3. The van der Waals surface area contributed by atoms with E-state index in [9.17, 15) is 23.4 Å². The van der Waals surface area contributed by atoms with E-state index in [1.54, 1.807) is 24.3 Å². The van der Waals surface area contributed by atoms with Gasteiger partial charge in [-0.2, -0.15) is 4.31 Å². The monoisotopic (exact) mass is 503 g/mol. The van der Waals surface area contributed by atoms with Crippen molar-refractivity contribution in [1.29, 1.82) is 0 Å². The predicted octanol–water partition coefficient (Wildman–Crippen LogP) is 3.60. The number of sulfonamides is 1. The third-order valence-corrected chi connectivity index (χ3v) is 7.70. The topological polar surface area (TPSA) is 119 Å². The first kappa shape index (κ1) is 21.8. The van der Waals surface area contributed by atoms with E-state index in [1.165, 1.54) is 12.1 Å². The van der Waals surface area contributed by atoms with Crippen LogP contribution in [0.4, 0.5) is 16.2 Å². The zero-order valence-electron chi connectivity index (χ0n) is 15.1. The minimum absolute atomic E-state index is 0.114. The van der Waals surface area contributed by atoms with Gasteiger partial charge in [0.15, 0.2) is 5.75 Å². The smallest absolute Gasteiger partial charge is 0.323 e. The Balaban J connectivity index is 1.89. The Morgan fingerprint density at radius 3 is 2.59 bits per heavy atom. The zero-order valence-corrected chi connectivity index (χ0v) is 18.3. The quantitative estimate of drug-likeness (QED) is 0.464. The molecule has 1 aliphatic rings. The van der Waals surface area contributed by atoms with Gasteiger partial charge in [-0.1, -0.05) is 23.7 Å². The average Bonchev–Trinajstić information content (AvgIpc) is 3.16. The second-order valence-corrected chi connectivity index (χ2v) is 9.51. The molecule has 0 aromatic heterocycles. The van der Waals surface area contributed by atoms with Gasteiger partial charge in [-0.3, -0.25) is 0 Å². The number of nitrogens with zero attached hydrogens (tertiary/aromatic N) is 1. The number of anilines is 2. The Kier molecular flexibility index (Phi) is 6.69. The lowest BCUT2D eigenvalue weighted by molar-refractivity contribution is 0.213. The largest absolute Gasteiger partial charge is 0.504 e. The summed E-state index contributed by atoms with van der Waals surface area (Å²) in [5.41, 5.74) is 0.381. The number of carbonyl (C=O) groups excluding carboxylic acids is 1. The van der Waals surface area contributed by atoms with Crippen LogP contribution >= 0.6 is 27.5 Å². The molecule has 0 unspecified atom stereocenters. The van der Waals surface area contributed by atoms with Gasteiger partial charge in [0.1, 0.15) is 4.90 Å². The van der Waals surface area contributed by atoms with Crippen molar-refractivity contribution in [3.63, 3.8) is 0 Å². The Morgan fingerprint density at radius 1 is 1.21 bits per heavy atom. The van der Waals surface area contributed by atoms with Gasteiger partial charge < -0.3 is 20.8 Å². The minimum Gasteiger partial charge on any atom is -0.504 e. The van der Waals surface area contributed by atoms with E-state index in [-0.39, 0.29) is 23.9 Å². The number of phenols is 1. The molecule has 156 valence electrons. The van der Waals surface area contributed by atoms with Crippen molar-refractivity contribution in [2.24, 2.45) is 0 Å². The highest BCUT2D eigenvalue weighted by Crippen LogP contribution is 2.40. The lowest BCUT2D eigenvalue weighted by atomic mass is 10.2. The standard InChI is InChI=1S/C18H19BrClN3O5S/c19-12-5-1-2-6-14(12)21-18(26)22-15-8-7-13(20)17(16(15)25)29(27,28)23-9-3-4-11(23)10-24/h1-2,5-8,11,24-25H,3-4,9-10H2,(H2,21,22,26)/t11-/m0/s1. The lowest BCUT2D eigenvalue weighted by Crippen LogP contribution is -2.37. The number of phenolic OH excluding ortho intramolecular Hbond substituents is 1. The SMILES string of the molecule is O=C(Nc1ccccc1Br)Nc1ccc(Cl)c(S(=O)(=O)N2CCC[C@H]2CO)c1O. The van der Waals surface area contributed by atoms with Crippen LogP contribution in [-0.2, 0) is 10.0 Å². The number of aliphatic hydroxyl groups is 1. The number of aliphatic hydroxyl groups excluding tert-OH is 1. The molecular weight excluding hydrogens is 486 g/mol. The Morgan fingerprint density at radius 2 is 1.90 bits per heavy atom. The number of hydrogen-bond acceptors (Lipinski definition) is 5. The van der Waals surface area contributed by atoms with Gasteiger partial charge in [0, 0.05) is 17.1 Å². The van der Waals surface area contributed by atoms with E-state index in [2.05, 4.69) is 26.6 Å². The number of rotatable bonds is 5. The first-order valence-corrected chi connectivity index (χ1v) is 11.3. The molecule has 0 bridgehead atoms. The van der Waals surface area contributed by atoms with E-state index in [0.29, 0.717) is 23.0 Å². The summed E-state index contributed by atoms with van der Waals surface area (Å²) in [7, 11) is -4.17. The van der Waals surface area contributed by atoms with E-state index in [4.69, 9.17) is 11.6 Å². The fourth-order valence-electron chi connectivity index (χ4n) is 3.16. The summed E-state index contributed by atoms with van der Waals surface area (Å²) in [6, 6.07) is 8.28. The number of hydrogen-bond donors (Lipinski definition) is 4. The van der Waals surface area contributed by atoms with Crippen LogP contribution in [0, 0.1) is 0 Å². The summed E-state index contributed by atoms with van der Waals surface area (Å²) in [4.78, 5) is 11.8. The van der Waals surface area contributed by atoms with E-state index >= 15 is 0 Å². The second-order valence-electron chi connectivity index (χ2n) is 6.43. The van der Waals surface area contributed by atoms with Gasteiger partial charge in [-0.15, -0.1) is 0 Å². The first-order chi connectivity index (χ1) is 13.8. The number of nitrogens with one attached hydrogen (secondary N) is 2. The van der Waals surface area contributed by atoms with Crippen LogP contribution < -0.4 is 10.6 Å². The van der Waals surface area contributed by atoms with Crippen LogP contribution in [0.25, 0.3) is 0 Å². The molecule has 2 amide bonds. The molecule has 2 aromatic rings. The Labute approximate surface area is 181 Å². The van der Waals surface area contributed by atoms with Crippen LogP contribution in [0.3, 0.4) is 0 Å². The van der Waals surface area contributed by atoms with Crippen molar-refractivity contribution in [3.05, 3.63) is 45.9 Å². The third kappa shape index (κ3) is 4.51. The number of benzene rings is 2. The fourth-order valence-corrected chi connectivity index (χ4v) is 5.82. The van der Waals surface area contributed by atoms with Crippen molar-refractivity contribution >= 4 is 55.0 Å². The molecule has 1 fully saturated rings. The van der Waals surface area contributed by atoms with Gasteiger partial charge in [0.05, 0.1) is 23.0 Å². The molecule has 29 heavy (non-hydrogen) atoms. The highest BCUT2D eigenvalue weighted by atomic mass is 79.9. The third-order valence-electron chi connectivity index (χ3n) is 4.55. The predicted molar refractivity (Wildman–Crippen MR) is 114 cm³/mol. The molecular formula is C18H19BrClN3O5S. The Bertz CT molecular complexity index is 1030. The van der Waals surface area contributed by atoms with Gasteiger partial charge in [0.25, 0.3) is 0 Å². The molecule has 4 N–H and O–H groups in total. The molecule has 0 aliphatic carbocycles. The van der Waals surface area contributed by atoms with Gasteiger partial charge in [-0.25, -0.2) is 13.2 Å². The zero-order chi connectivity index (χ0) is 21.2. The first-order valence-electron chi connectivity index (χ1n) is 8.72. The Hall–Kier alpha value is -1.85. The van der Waals surface area contributed by atoms with Crippen molar-refractivity contribution in [2.45, 2.75) is 23.8 Å². The maximum atomic E-state index is 13.1. The van der Waals surface area contributed by atoms with E-state index in [0.717, 1.165) is 4.31 Å². The summed E-state index contributed by atoms with van der Waals surface area (Å²) >= 11 is 9.39. The molecule has 1 heterocycles. The van der Waals surface area contributed by atoms with E-state index in [1.807, 2.05) is 0 Å². The molecule has 0 saturated carbocycles. The molecule has 1 atom stereocenters. The summed E-state index contributed by atoms with van der Waals surface area (Å²) in [6.45, 7) is -0.118. The summed E-state index contributed by atoms with van der Waals surface area (Å²) in [6.07, 6.45) is 1.11. The highest BCUT2D eigenvalue weighted by Gasteiger charge is 2.38. The van der Waals surface area contributed by atoms with Crippen molar-refractivity contribution in [2.75, 3.05) is 23.8 Å². The second kappa shape index (κ2) is 8.88. The molecule has 2 aromatic carbocycles. The van der Waals surface area contributed by atoms with Crippen LogP contribution in [0.5, 0.6) is 5.75 Å². The fraction of sp³-hybridized carbons (Fsp3) is 0.278. The highest BCUT2D eigenvalue weighted by molar-refractivity contribution is 9.10. The minimum atomic E-state index is -4.17. The van der Waals surface area contributed by atoms with Gasteiger partial charge in [-0.05, 0) is 53.0 Å². The van der Waals surface area contributed by atoms with Crippen molar-refractivity contribution < 1.29 is 23.4 Å². The summed E-state index contributed by atoms with van der Waals surface area (Å²) < 4.78 is 27.9. The number of urea groups is 1. The molecule has 3 rings (SSSR count). The lowest BCUT2D eigenvalue weighted by Gasteiger charge is -2.24. The van der Waals surface area contributed by atoms with Crippen molar-refractivity contribution in [1.82, 2.24) is 4.31 Å².